The molecule has 156 valence electrons. The van der Waals surface area contributed by atoms with Crippen molar-refractivity contribution in [3.05, 3.63) is 132 Å². The van der Waals surface area contributed by atoms with Gasteiger partial charge in [-0.15, -0.1) is 6.42 Å². The largest absolute Gasteiger partial charge is 0.324 e. The minimum Gasteiger partial charge on any atom is -0.324 e. The summed E-state index contributed by atoms with van der Waals surface area (Å²) < 4.78 is 0. The molecule has 0 saturated heterocycles. The monoisotopic (exact) mass is 405 g/mol. The van der Waals surface area contributed by atoms with Gasteiger partial charge in [-0.3, -0.25) is 0 Å². The van der Waals surface area contributed by atoms with Crippen LogP contribution in [0.3, 0.4) is 0 Å². The van der Waals surface area contributed by atoms with Crippen molar-refractivity contribution in [1.82, 2.24) is 0 Å². The van der Waals surface area contributed by atoms with E-state index in [-0.39, 0.29) is 0 Å². The van der Waals surface area contributed by atoms with Crippen molar-refractivity contribution < 1.29 is 0 Å². The molecular formula is C30H31N. The molecule has 31 heavy (non-hydrogen) atoms. The molecule has 0 aliphatic carbocycles. The molecule has 2 rings (SSSR count). The summed E-state index contributed by atoms with van der Waals surface area (Å²) in [5.74, 6) is 2.54. The van der Waals surface area contributed by atoms with E-state index in [1.807, 2.05) is 31.2 Å². The van der Waals surface area contributed by atoms with Gasteiger partial charge < -0.3 is 4.90 Å². The molecule has 0 fully saturated rings. The van der Waals surface area contributed by atoms with Crippen LogP contribution in [-0.4, -0.2) is 0 Å². The number of hydrogen-bond donors (Lipinski definition) is 0. The molecule has 0 spiro atoms. The number of anilines is 1. The molecule has 0 atom stereocenters. The second-order valence-electron chi connectivity index (χ2n) is 7.36. The summed E-state index contributed by atoms with van der Waals surface area (Å²) in [6.07, 6.45) is 28.5. The van der Waals surface area contributed by atoms with Gasteiger partial charge in [-0.2, -0.15) is 0 Å². The summed E-state index contributed by atoms with van der Waals surface area (Å²) in [6, 6.07) is 8.47. The number of allylic oxidation sites excluding steroid dienone is 13. The highest BCUT2D eigenvalue weighted by molar-refractivity contribution is 5.62. The summed E-state index contributed by atoms with van der Waals surface area (Å²) >= 11 is 0. The van der Waals surface area contributed by atoms with E-state index < -0.39 is 0 Å². The molecule has 1 heteroatoms. The molecule has 1 aliphatic heterocycles. The molecule has 0 bridgehead atoms. The Labute approximate surface area is 188 Å². The first-order chi connectivity index (χ1) is 14.9. The molecule has 1 nitrogen and oxygen atoms in total. The smallest absolute Gasteiger partial charge is 0.0455 e. The van der Waals surface area contributed by atoms with E-state index >= 15 is 0 Å². The fourth-order valence-corrected chi connectivity index (χ4v) is 2.96. The lowest BCUT2D eigenvalue weighted by Crippen LogP contribution is -2.08. The van der Waals surface area contributed by atoms with Gasteiger partial charge in [0.25, 0.3) is 0 Å². The highest BCUT2D eigenvalue weighted by atomic mass is 15.1. The Balaban J connectivity index is 2.31. The minimum absolute atomic E-state index is 0.837. The summed E-state index contributed by atoms with van der Waals surface area (Å²) in [7, 11) is 0. The fourth-order valence-electron chi connectivity index (χ4n) is 2.96. The van der Waals surface area contributed by atoms with Gasteiger partial charge in [0, 0.05) is 18.1 Å². The minimum atomic E-state index is 0.837. The second kappa shape index (κ2) is 12.1. The lowest BCUT2D eigenvalue weighted by Gasteiger charge is -2.18. The van der Waals surface area contributed by atoms with Crippen LogP contribution in [0.15, 0.2) is 126 Å². The molecule has 0 amide bonds. The Bertz CT molecular complexity index is 1070. The Morgan fingerprint density at radius 1 is 1.13 bits per heavy atom. The van der Waals surface area contributed by atoms with Crippen LogP contribution in [0.2, 0.25) is 0 Å². The summed E-state index contributed by atoms with van der Waals surface area (Å²) in [4.78, 5) is 2.14. The van der Waals surface area contributed by atoms with Crippen molar-refractivity contribution in [3.63, 3.8) is 0 Å². The summed E-state index contributed by atoms with van der Waals surface area (Å²) in [5.41, 5.74) is 7.59. The first kappa shape index (κ1) is 23.5. The van der Waals surface area contributed by atoms with Gasteiger partial charge in [0.1, 0.15) is 0 Å². The van der Waals surface area contributed by atoms with E-state index in [4.69, 9.17) is 6.42 Å². The number of rotatable bonds is 5. The zero-order valence-corrected chi connectivity index (χ0v) is 18.8. The van der Waals surface area contributed by atoms with E-state index in [1.54, 1.807) is 6.08 Å². The standard InChI is InChI=1S/C30H31N/c1-7-9-15-28(8-2)16-12-17-29-18-13-19-30(22-29)31-20-11-10-14-24(3)25(4)21-26(5)27(6)23-31/h1,8-15,17-23H,3-4,16H2,2,5-6H3/b14-10-,15-9-,17-12+,20-11-,26-21-,27-23-,28-8+. The van der Waals surface area contributed by atoms with Gasteiger partial charge in [-0.05, 0) is 84.9 Å². The van der Waals surface area contributed by atoms with E-state index in [9.17, 15) is 0 Å². The van der Waals surface area contributed by atoms with Gasteiger partial charge in [0.2, 0.25) is 0 Å². The molecular weight excluding hydrogens is 374 g/mol. The maximum absolute atomic E-state index is 5.31. The third-order valence-electron chi connectivity index (χ3n) is 5.01. The molecule has 0 radical (unpaired) electrons. The van der Waals surface area contributed by atoms with Gasteiger partial charge >= 0.3 is 0 Å². The van der Waals surface area contributed by atoms with E-state index in [0.717, 1.165) is 34.4 Å². The molecule has 1 aromatic carbocycles. The fraction of sp³-hybridized carbons (Fsp3) is 0.133. The molecule has 0 N–H and O–H groups in total. The Kier molecular flexibility index (Phi) is 9.14. The molecule has 1 aliphatic rings. The Morgan fingerprint density at radius 3 is 2.68 bits per heavy atom. The van der Waals surface area contributed by atoms with Gasteiger partial charge in [0.15, 0.2) is 0 Å². The predicted molar refractivity (Wildman–Crippen MR) is 138 cm³/mol. The van der Waals surface area contributed by atoms with Crippen LogP contribution in [0.4, 0.5) is 5.69 Å². The van der Waals surface area contributed by atoms with E-state index in [1.165, 1.54) is 11.1 Å². The number of hydrogen-bond acceptors (Lipinski definition) is 1. The third-order valence-corrected chi connectivity index (χ3v) is 5.01. The summed E-state index contributed by atoms with van der Waals surface area (Å²) in [6.45, 7) is 14.4. The number of terminal acetylenes is 1. The maximum Gasteiger partial charge on any atom is 0.0455 e. The Hall–Kier alpha value is -3.76. The first-order valence-electron chi connectivity index (χ1n) is 10.4. The molecule has 1 heterocycles. The predicted octanol–water partition coefficient (Wildman–Crippen LogP) is 8.08. The topological polar surface area (TPSA) is 3.24 Å². The third kappa shape index (κ3) is 7.53. The molecule has 0 saturated carbocycles. The number of nitrogens with zero attached hydrogens (tertiary/aromatic N) is 1. The maximum atomic E-state index is 5.31. The zero-order chi connectivity index (χ0) is 22.6. The van der Waals surface area contributed by atoms with Crippen molar-refractivity contribution in [2.24, 2.45) is 0 Å². The van der Waals surface area contributed by atoms with E-state index in [0.29, 0.717) is 0 Å². The van der Waals surface area contributed by atoms with Crippen molar-refractivity contribution >= 4 is 11.8 Å². The normalized spacial score (nSPS) is 21.2. The second-order valence-corrected chi connectivity index (χ2v) is 7.36. The van der Waals surface area contributed by atoms with Gasteiger partial charge in [-0.25, -0.2) is 0 Å². The molecule has 0 unspecified atom stereocenters. The van der Waals surface area contributed by atoms with Gasteiger partial charge in [0.05, 0.1) is 0 Å². The van der Waals surface area contributed by atoms with Crippen molar-refractivity contribution in [1.29, 1.82) is 0 Å². The highest BCUT2D eigenvalue weighted by Gasteiger charge is 2.05. The van der Waals surface area contributed by atoms with Crippen LogP contribution < -0.4 is 4.90 Å². The van der Waals surface area contributed by atoms with Crippen molar-refractivity contribution in [2.75, 3.05) is 4.90 Å². The average Bonchev–Trinajstić information content (AvgIpc) is 2.79. The van der Waals surface area contributed by atoms with Gasteiger partial charge in [-0.1, -0.05) is 73.7 Å². The van der Waals surface area contributed by atoms with Crippen LogP contribution in [0, 0.1) is 12.3 Å². The van der Waals surface area contributed by atoms with Crippen LogP contribution in [-0.2, 0) is 0 Å². The van der Waals surface area contributed by atoms with E-state index in [2.05, 4.69) is 98.8 Å². The van der Waals surface area contributed by atoms with Crippen molar-refractivity contribution in [2.45, 2.75) is 27.2 Å². The van der Waals surface area contributed by atoms with Crippen LogP contribution in [0.1, 0.15) is 32.8 Å². The lowest BCUT2D eigenvalue weighted by atomic mass is 10.0. The average molecular weight is 406 g/mol. The quantitative estimate of drug-likeness (QED) is 0.353. The first-order valence-corrected chi connectivity index (χ1v) is 10.4. The number of benzene rings is 1. The van der Waals surface area contributed by atoms with Crippen molar-refractivity contribution in [3.8, 4) is 12.3 Å². The summed E-state index contributed by atoms with van der Waals surface area (Å²) in [5, 5.41) is 0. The SMILES string of the molecule is C#C/C=C\C(=C/C)C/C=C/c1cccc(N2/C=C\C=C/C(=C)C(=C)/C=C(C)\C(C)=C/2)c1. The van der Waals surface area contributed by atoms with Crippen LogP contribution in [0.5, 0.6) is 0 Å². The lowest BCUT2D eigenvalue weighted by molar-refractivity contribution is 1.21. The molecule has 0 aromatic heterocycles. The zero-order valence-electron chi connectivity index (χ0n) is 18.8. The Morgan fingerprint density at radius 2 is 1.94 bits per heavy atom. The molecule has 1 aromatic rings. The highest BCUT2D eigenvalue weighted by Crippen LogP contribution is 2.23. The van der Waals surface area contributed by atoms with Crippen LogP contribution in [0.25, 0.3) is 6.08 Å². The van der Waals surface area contributed by atoms with Crippen LogP contribution >= 0.6 is 0 Å².